The number of nitrogens with one attached hydrogen (secondary N) is 1. The van der Waals surface area contributed by atoms with Crippen molar-refractivity contribution in [2.24, 2.45) is 5.92 Å². The molecule has 3 heteroatoms. The van der Waals surface area contributed by atoms with Crippen LogP contribution in [-0.4, -0.2) is 17.6 Å². The van der Waals surface area contributed by atoms with Crippen LogP contribution >= 0.6 is 0 Å². The van der Waals surface area contributed by atoms with Gasteiger partial charge in [0.1, 0.15) is 5.54 Å². The summed E-state index contributed by atoms with van der Waals surface area (Å²) >= 11 is 0. The highest BCUT2D eigenvalue weighted by molar-refractivity contribution is 5.92. The Labute approximate surface area is 118 Å². The van der Waals surface area contributed by atoms with Crippen molar-refractivity contribution in [2.45, 2.75) is 25.3 Å². The smallest absolute Gasteiger partial charge is 0.328 e. The molecule has 0 spiro atoms. The van der Waals surface area contributed by atoms with Crippen LogP contribution in [0.2, 0.25) is 0 Å². The number of carboxylic acids is 1. The minimum absolute atomic E-state index is 0.642. The van der Waals surface area contributed by atoms with Gasteiger partial charge in [-0.25, -0.2) is 4.79 Å². The van der Waals surface area contributed by atoms with Gasteiger partial charge in [-0.05, 0) is 48.6 Å². The molecule has 20 heavy (non-hydrogen) atoms. The summed E-state index contributed by atoms with van der Waals surface area (Å²) in [6.45, 7) is 2.53. The first-order valence-electron chi connectivity index (χ1n) is 7.08. The van der Waals surface area contributed by atoms with E-state index in [1.54, 1.807) is 6.92 Å². The van der Waals surface area contributed by atoms with Crippen molar-refractivity contribution < 1.29 is 9.90 Å². The van der Waals surface area contributed by atoms with Crippen LogP contribution in [0.5, 0.6) is 0 Å². The Kier molecular flexibility index (Phi) is 3.22. The third-order valence-electron chi connectivity index (χ3n) is 4.20. The lowest BCUT2D eigenvalue weighted by molar-refractivity contribution is -0.144. The fourth-order valence-corrected chi connectivity index (χ4v) is 2.62. The number of benzene rings is 2. The standard InChI is InChI=1S/C17H19NO2/c1-17(16(19)20,18-11-12-9-10-12)15-8-4-6-13-5-2-3-7-14(13)15/h2-8,12,18H,9-11H2,1H3,(H,19,20). The first-order valence-corrected chi connectivity index (χ1v) is 7.08. The van der Waals surface area contributed by atoms with Crippen LogP contribution in [0, 0.1) is 5.92 Å². The molecular formula is C17H19NO2. The monoisotopic (exact) mass is 269 g/mol. The van der Waals surface area contributed by atoms with Crippen molar-refractivity contribution in [3.63, 3.8) is 0 Å². The molecule has 1 saturated carbocycles. The summed E-state index contributed by atoms with van der Waals surface area (Å²) in [6.07, 6.45) is 2.41. The number of carbonyl (C=O) groups is 1. The molecule has 2 N–H and O–H groups in total. The summed E-state index contributed by atoms with van der Waals surface area (Å²) in [5.41, 5.74) is -0.201. The minimum atomic E-state index is -1.04. The van der Waals surface area contributed by atoms with Crippen molar-refractivity contribution in [1.29, 1.82) is 0 Å². The van der Waals surface area contributed by atoms with E-state index in [1.165, 1.54) is 12.8 Å². The topological polar surface area (TPSA) is 49.3 Å². The van der Waals surface area contributed by atoms with E-state index in [0.29, 0.717) is 5.92 Å². The van der Waals surface area contributed by atoms with Gasteiger partial charge < -0.3 is 5.11 Å². The van der Waals surface area contributed by atoms with E-state index in [1.807, 2.05) is 42.5 Å². The van der Waals surface area contributed by atoms with Crippen molar-refractivity contribution in [2.75, 3.05) is 6.54 Å². The highest BCUT2D eigenvalue weighted by Gasteiger charge is 2.37. The Morgan fingerprint density at radius 3 is 2.65 bits per heavy atom. The average Bonchev–Trinajstić information content (AvgIpc) is 3.28. The van der Waals surface area contributed by atoms with Gasteiger partial charge in [-0.2, -0.15) is 0 Å². The van der Waals surface area contributed by atoms with Gasteiger partial charge in [-0.15, -0.1) is 0 Å². The Bertz CT molecular complexity index is 643. The van der Waals surface area contributed by atoms with E-state index in [-0.39, 0.29) is 0 Å². The SMILES string of the molecule is CC(NCC1CC1)(C(=O)O)c1cccc2ccccc12. The number of aliphatic carboxylic acids is 1. The van der Waals surface area contributed by atoms with E-state index in [2.05, 4.69) is 5.32 Å². The Hall–Kier alpha value is -1.87. The highest BCUT2D eigenvalue weighted by Crippen LogP contribution is 2.32. The van der Waals surface area contributed by atoms with Crippen molar-refractivity contribution in [3.05, 3.63) is 48.0 Å². The van der Waals surface area contributed by atoms with Crippen LogP contribution in [0.25, 0.3) is 10.8 Å². The van der Waals surface area contributed by atoms with E-state index in [9.17, 15) is 9.90 Å². The van der Waals surface area contributed by atoms with E-state index in [0.717, 1.165) is 22.9 Å². The zero-order chi connectivity index (χ0) is 14.2. The second-order valence-corrected chi connectivity index (χ2v) is 5.78. The lowest BCUT2D eigenvalue weighted by Gasteiger charge is -2.28. The third kappa shape index (κ3) is 2.29. The first-order chi connectivity index (χ1) is 9.61. The van der Waals surface area contributed by atoms with Crippen molar-refractivity contribution in [3.8, 4) is 0 Å². The molecule has 0 amide bonds. The normalized spacial score (nSPS) is 17.9. The molecule has 3 rings (SSSR count). The zero-order valence-corrected chi connectivity index (χ0v) is 11.6. The molecule has 0 bridgehead atoms. The molecule has 2 aromatic rings. The molecule has 1 fully saturated rings. The predicted octanol–water partition coefficient (Wildman–Crippen LogP) is 3.14. The molecule has 0 radical (unpaired) electrons. The zero-order valence-electron chi connectivity index (χ0n) is 11.6. The first kappa shape index (κ1) is 13.1. The molecule has 1 unspecified atom stereocenters. The van der Waals surface area contributed by atoms with Crippen LogP contribution in [0.15, 0.2) is 42.5 Å². The Morgan fingerprint density at radius 1 is 1.25 bits per heavy atom. The molecule has 1 atom stereocenters. The Balaban J connectivity index is 2.06. The van der Waals surface area contributed by atoms with Crippen molar-refractivity contribution in [1.82, 2.24) is 5.32 Å². The molecule has 1 aliphatic carbocycles. The maximum absolute atomic E-state index is 11.8. The molecule has 104 valence electrons. The maximum Gasteiger partial charge on any atom is 0.328 e. The summed E-state index contributed by atoms with van der Waals surface area (Å²) in [7, 11) is 0. The summed E-state index contributed by atoms with van der Waals surface area (Å²) in [6, 6.07) is 13.8. The second-order valence-electron chi connectivity index (χ2n) is 5.78. The molecule has 2 aromatic carbocycles. The van der Waals surface area contributed by atoms with Gasteiger partial charge in [0.2, 0.25) is 0 Å². The number of fused-ring (bicyclic) bond motifs is 1. The third-order valence-corrected chi connectivity index (χ3v) is 4.20. The quantitative estimate of drug-likeness (QED) is 0.876. The minimum Gasteiger partial charge on any atom is -0.480 e. The van der Waals surface area contributed by atoms with Gasteiger partial charge in [0.15, 0.2) is 0 Å². The molecular weight excluding hydrogens is 250 g/mol. The number of hydrogen-bond donors (Lipinski definition) is 2. The lowest BCUT2D eigenvalue weighted by Crippen LogP contribution is -2.47. The van der Waals surface area contributed by atoms with Gasteiger partial charge >= 0.3 is 5.97 Å². The number of rotatable bonds is 5. The van der Waals surface area contributed by atoms with Crippen LogP contribution in [-0.2, 0) is 10.3 Å². The highest BCUT2D eigenvalue weighted by atomic mass is 16.4. The van der Waals surface area contributed by atoms with Crippen LogP contribution in [0.4, 0.5) is 0 Å². The maximum atomic E-state index is 11.8. The summed E-state index contributed by atoms with van der Waals surface area (Å²) < 4.78 is 0. The lowest BCUT2D eigenvalue weighted by atomic mass is 9.87. The van der Waals surface area contributed by atoms with E-state index in [4.69, 9.17) is 0 Å². The fourth-order valence-electron chi connectivity index (χ4n) is 2.62. The summed E-state index contributed by atoms with van der Waals surface area (Å²) in [5.74, 6) is -0.182. The second kappa shape index (κ2) is 4.91. The fraction of sp³-hybridized carbons (Fsp3) is 0.353. The van der Waals surface area contributed by atoms with E-state index < -0.39 is 11.5 Å². The van der Waals surface area contributed by atoms with Gasteiger partial charge in [0.05, 0.1) is 0 Å². The van der Waals surface area contributed by atoms with Gasteiger partial charge in [0, 0.05) is 0 Å². The number of carboxylic acid groups (broad SMARTS) is 1. The molecule has 0 heterocycles. The number of hydrogen-bond acceptors (Lipinski definition) is 2. The molecule has 0 saturated heterocycles. The molecule has 0 aromatic heterocycles. The van der Waals surface area contributed by atoms with Crippen LogP contribution in [0.1, 0.15) is 25.3 Å². The molecule has 0 aliphatic heterocycles. The van der Waals surface area contributed by atoms with Crippen LogP contribution in [0.3, 0.4) is 0 Å². The van der Waals surface area contributed by atoms with Gasteiger partial charge in [0.25, 0.3) is 0 Å². The van der Waals surface area contributed by atoms with E-state index >= 15 is 0 Å². The predicted molar refractivity (Wildman–Crippen MR) is 79.7 cm³/mol. The average molecular weight is 269 g/mol. The largest absolute Gasteiger partial charge is 0.480 e. The summed E-state index contributed by atoms with van der Waals surface area (Å²) in [4.78, 5) is 11.8. The van der Waals surface area contributed by atoms with Crippen molar-refractivity contribution >= 4 is 16.7 Å². The van der Waals surface area contributed by atoms with Gasteiger partial charge in [-0.1, -0.05) is 42.5 Å². The van der Waals surface area contributed by atoms with Crippen LogP contribution < -0.4 is 5.32 Å². The summed E-state index contributed by atoms with van der Waals surface area (Å²) in [5, 5.41) is 15.1. The Morgan fingerprint density at radius 2 is 1.95 bits per heavy atom. The molecule has 1 aliphatic rings. The molecule has 3 nitrogen and oxygen atoms in total. The van der Waals surface area contributed by atoms with Gasteiger partial charge in [-0.3, -0.25) is 5.32 Å².